The first-order chi connectivity index (χ1) is 14.1. The summed E-state index contributed by atoms with van der Waals surface area (Å²) < 4.78 is 18.9. The standard InChI is InChI=1S/C19H17Cl2FN6O/c20-15-5-4-14(11-16(15)21)24-18-25-17(23-13-3-1-2-12(22)10-13)26-19(27-18)28-6-8-29-9-7-28/h1-5,10-11H,6-9H2,(H2,23,24,25,26,27). The van der Waals surface area contributed by atoms with E-state index in [-0.39, 0.29) is 11.8 Å². The molecule has 10 heteroatoms. The molecule has 0 radical (unpaired) electrons. The summed E-state index contributed by atoms with van der Waals surface area (Å²) in [5.41, 5.74) is 1.21. The molecule has 2 heterocycles. The van der Waals surface area contributed by atoms with Gasteiger partial charge >= 0.3 is 0 Å². The Morgan fingerprint density at radius 1 is 0.862 bits per heavy atom. The van der Waals surface area contributed by atoms with Crippen molar-refractivity contribution in [3.63, 3.8) is 0 Å². The van der Waals surface area contributed by atoms with Crippen molar-refractivity contribution in [2.75, 3.05) is 41.8 Å². The largest absolute Gasteiger partial charge is 0.378 e. The average Bonchev–Trinajstić information content (AvgIpc) is 2.71. The topological polar surface area (TPSA) is 75.2 Å². The van der Waals surface area contributed by atoms with Gasteiger partial charge < -0.3 is 20.3 Å². The van der Waals surface area contributed by atoms with Crippen LogP contribution in [0.1, 0.15) is 0 Å². The summed E-state index contributed by atoms with van der Waals surface area (Å²) in [5.74, 6) is 0.741. The molecular formula is C19H17Cl2FN6O. The lowest BCUT2D eigenvalue weighted by molar-refractivity contribution is 0.122. The van der Waals surface area contributed by atoms with Gasteiger partial charge in [-0.1, -0.05) is 29.3 Å². The van der Waals surface area contributed by atoms with Crippen molar-refractivity contribution >= 4 is 52.4 Å². The van der Waals surface area contributed by atoms with Gasteiger partial charge in [0.15, 0.2) is 0 Å². The molecule has 0 atom stereocenters. The van der Waals surface area contributed by atoms with Crippen LogP contribution in [0.5, 0.6) is 0 Å². The fraction of sp³-hybridized carbons (Fsp3) is 0.211. The molecule has 0 spiro atoms. The second kappa shape index (κ2) is 8.77. The Morgan fingerprint density at radius 3 is 2.21 bits per heavy atom. The molecule has 0 saturated carbocycles. The first-order valence-electron chi connectivity index (χ1n) is 8.90. The molecule has 7 nitrogen and oxygen atoms in total. The van der Waals surface area contributed by atoms with Crippen molar-refractivity contribution in [1.82, 2.24) is 15.0 Å². The van der Waals surface area contributed by atoms with E-state index in [1.165, 1.54) is 12.1 Å². The first kappa shape index (κ1) is 19.6. The molecule has 3 aromatic rings. The number of hydrogen-bond acceptors (Lipinski definition) is 7. The highest BCUT2D eigenvalue weighted by Crippen LogP contribution is 2.27. The van der Waals surface area contributed by atoms with E-state index in [2.05, 4.69) is 25.6 Å². The number of ether oxygens (including phenoxy) is 1. The molecule has 2 aromatic carbocycles. The summed E-state index contributed by atoms with van der Waals surface area (Å²) in [6.07, 6.45) is 0. The number of nitrogens with one attached hydrogen (secondary N) is 2. The number of morpholine rings is 1. The molecule has 0 amide bonds. The third-order valence-corrected chi connectivity index (χ3v) is 4.91. The average molecular weight is 435 g/mol. The van der Waals surface area contributed by atoms with E-state index in [4.69, 9.17) is 27.9 Å². The minimum atomic E-state index is -0.355. The summed E-state index contributed by atoms with van der Waals surface area (Å²) >= 11 is 12.1. The summed E-state index contributed by atoms with van der Waals surface area (Å²) in [6.45, 7) is 2.51. The van der Waals surface area contributed by atoms with Crippen molar-refractivity contribution in [2.45, 2.75) is 0 Å². The van der Waals surface area contributed by atoms with Crippen LogP contribution in [0.4, 0.5) is 33.6 Å². The van der Waals surface area contributed by atoms with Gasteiger partial charge in [0.05, 0.1) is 23.3 Å². The van der Waals surface area contributed by atoms with Gasteiger partial charge in [-0.2, -0.15) is 15.0 Å². The minimum absolute atomic E-state index is 0.287. The molecule has 1 aliphatic rings. The van der Waals surface area contributed by atoms with E-state index in [1.54, 1.807) is 30.3 Å². The van der Waals surface area contributed by atoms with Gasteiger partial charge in [-0.3, -0.25) is 0 Å². The molecule has 0 aliphatic carbocycles. The van der Waals surface area contributed by atoms with Gasteiger partial charge in [-0.25, -0.2) is 4.39 Å². The van der Waals surface area contributed by atoms with Gasteiger partial charge in [0.25, 0.3) is 0 Å². The maximum Gasteiger partial charge on any atom is 0.233 e. The van der Waals surface area contributed by atoms with Crippen molar-refractivity contribution in [3.05, 3.63) is 58.3 Å². The van der Waals surface area contributed by atoms with Gasteiger partial charge in [0.1, 0.15) is 5.82 Å². The second-order valence-electron chi connectivity index (χ2n) is 6.27. The van der Waals surface area contributed by atoms with Crippen molar-refractivity contribution < 1.29 is 9.13 Å². The van der Waals surface area contributed by atoms with Gasteiger partial charge in [0.2, 0.25) is 17.8 Å². The third-order valence-electron chi connectivity index (χ3n) is 4.17. The molecule has 1 saturated heterocycles. The monoisotopic (exact) mass is 434 g/mol. The van der Waals surface area contributed by atoms with Crippen LogP contribution >= 0.6 is 23.2 Å². The highest BCUT2D eigenvalue weighted by molar-refractivity contribution is 6.42. The Balaban J connectivity index is 1.65. The Labute approximate surface area is 176 Å². The van der Waals surface area contributed by atoms with Crippen molar-refractivity contribution in [2.24, 2.45) is 0 Å². The van der Waals surface area contributed by atoms with Crippen LogP contribution in [-0.4, -0.2) is 41.3 Å². The molecule has 2 N–H and O–H groups in total. The molecule has 29 heavy (non-hydrogen) atoms. The Morgan fingerprint density at radius 2 is 1.55 bits per heavy atom. The lowest BCUT2D eigenvalue weighted by Crippen LogP contribution is -2.37. The SMILES string of the molecule is Fc1cccc(Nc2nc(Nc3ccc(Cl)c(Cl)c3)nc(N3CCOCC3)n2)c1. The van der Waals surface area contributed by atoms with Gasteiger partial charge in [0, 0.05) is 24.5 Å². The molecule has 1 aliphatic heterocycles. The van der Waals surface area contributed by atoms with Crippen LogP contribution in [-0.2, 0) is 4.74 Å². The molecule has 4 rings (SSSR count). The molecule has 0 bridgehead atoms. The molecule has 150 valence electrons. The fourth-order valence-corrected chi connectivity index (χ4v) is 3.08. The maximum atomic E-state index is 13.5. The predicted molar refractivity (Wildman–Crippen MR) is 112 cm³/mol. The minimum Gasteiger partial charge on any atom is -0.378 e. The molecular weight excluding hydrogens is 418 g/mol. The second-order valence-corrected chi connectivity index (χ2v) is 7.09. The van der Waals surface area contributed by atoms with Crippen LogP contribution in [0.3, 0.4) is 0 Å². The normalized spacial score (nSPS) is 14.0. The number of nitrogens with zero attached hydrogens (tertiary/aromatic N) is 4. The molecule has 0 unspecified atom stereocenters. The number of halogens is 3. The zero-order valence-corrected chi connectivity index (χ0v) is 16.7. The Hall–Kier alpha value is -2.68. The smallest absolute Gasteiger partial charge is 0.233 e. The van der Waals surface area contributed by atoms with E-state index in [0.717, 1.165) is 0 Å². The van der Waals surface area contributed by atoms with Crippen LogP contribution in [0, 0.1) is 5.82 Å². The van der Waals surface area contributed by atoms with E-state index in [1.807, 2.05) is 4.90 Å². The van der Waals surface area contributed by atoms with Crippen LogP contribution < -0.4 is 15.5 Å². The number of rotatable bonds is 5. The van der Waals surface area contributed by atoms with E-state index in [0.29, 0.717) is 59.6 Å². The zero-order chi connectivity index (χ0) is 20.2. The number of hydrogen-bond donors (Lipinski definition) is 2. The van der Waals surface area contributed by atoms with Gasteiger partial charge in [-0.05, 0) is 36.4 Å². The van der Waals surface area contributed by atoms with E-state index < -0.39 is 0 Å². The van der Waals surface area contributed by atoms with Crippen molar-refractivity contribution in [1.29, 1.82) is 0 Å². The van der Waals surface area contributed by atoms with Crippen LogP contribution in [0.2, 0.25) is 10.0 Å². The molecule has 1 fully saturated rings. The number of benzene rings is 2. The van der Waals surface area contributed by atoms with Crippen molar-refractivity contribution in [3.8, 4) is 0 Å². The summed E-state index contributed by atoms with van der Waals surface area (Å²) in [5, 5.41) is 7.00. The fourth-order valence-electron chi connectivity index (χ4n) is 2.78. The van der Waals surface area contributed by atoms with E-state index in [9.17, 15) is 4.39 Å². The van der Waals surface area contributed by atoms with Crippen LogP contribution in [0.15, 0.2) is 42.5 Å². The predicted octanol–water partition coefficient (Wildman–Crippen LogP) is 4.64. The maximum absolute atomic E-state index is 13.5. The van der Waals surface area contributed by atoms with Gasteiger partial charge in [-0.15, -0.1) is 0 Å². The number of aromatic nitrogens is 3. The summed E-state index contributed by atoms with van der Waals surface area (Å²) in [7, 11) is 0. The highest BCUT2D eigenvalue weighted by atomic mass is 35.5. The summed E-state index contributed by atoms with van der Waals surface area (Å²) in [6, 6.07) is 11.2. The lowest BCUT2D eigenvalue weighted by Gasteiger charge is -2.27. The number of anilines is 5. The molecule has 1 aromatic heterocycles. The highest BCUT2D eigenvalue weighted by Gasteiger charge is 2.17. The summed E-state index contributed by atoms with van der Waals surface area (Å²) in [4.78, 5) is 15.4. The van der Waals surface area contributed by atoms with Crippen LogP contribution in [0.25, 0.3) is 0 Å². The Kier molecular flexibility index (Phi) is 5.94. The lowest BCUT2D eigenvalue weighted by atomic mass is 10.3. The first-order valence-corrected chi connectivity index (χ1v) is 9.66. The third kappa shape index (κ3) is 5.03. The quantitative estimate of drug-likeness (QED) is 0.605. The zero-order valence-electron chi connectivity index (χ0n) is 15.2. The van der Waals surface area contributed by atoms with E-state index >= 15 is 0 Å². The Bertz CT molecular complexity index is 1020.